The summed E-state index contributed by atoms with van der Waals surface area (Å²) in [6.45, 7) is 16.9. The van der Waals surface area contributed by atoms with Gasteiger partial charge in [0, 0.05) is 27.4 Å². The Bertz CT molecular complexity index is 570. The molecule has 174 valence electrons. The van der Waals surface area contributed by atoms with Gasteiger partial charge in [-0.25, -0.2) is 0 Å². The minimum atomic E-state index is 0.0924. The van der Waals surface area contributed by atoms with Gasteiger partial charge in [-0.3, -0.25) is 0 Å². The van der Waals surface area contributed by atoms with E-state index in [1.807, 2.05) is 0 Å². The lowest BCUT2D eigenvalue weighted by atomic mass is 9.87. The summed E-state index contributed by atoms with van der Waals surface area (Å²) >= 11 is 0. The molecule has 30 heavy (non-hydrogen) atoms. The lowest BCUT2D eigenvalue weighted by Crippen LogP contribution is -2.17. The van der Waals surface area contributed by atoms with Crippen LogP contribution >= 0.6 is 0 Å². The maximum Gasteiger partial charge on any atom is 0.0844 e. The van der Waals surface area contributed by atoms with E-state index in [1.165, 1.54) is 16.7 Å². The molecule has 1 aromatic carbocycles. The van der Waals surface area contributed by atoms with Crippen LogP contribution in [0.2, 0.25) is 0 Å². The van der Waals surface area contributed by atoms with Gasteiger partial charge >= 0.3 is 0 Å². The molecule has 1 aromatic rings. The van der Waals surface area contributed by atoms with Crippen molar-refractivity contribution in [1.29, 1.82) is 0 Å². The van der Waals surface area contributed by atoms with Crippen molar-refractivity contribution in [2.45, 2.75) is 67.1 Å². The van der Waals surface area contributed by atoms with Gasteiger partial charge in [-0.05, 0) is 53.2 Å². The maximum absolute atomic E-state index is 5.92. The largest absolute Gasteiger partial charge is 0.384 e. The third-order valence-electron chi connectivity index (χ3n) is 5.70. The maximum atomic E-state index is 5.92. The summed E-state index contributed by atoms with van der Waals surface area (Å²) in [4.78, 5) is 0. The van der Waals surface area contributed by atoms with Crippen molar-refractivity contribution in [2.24, 2.45) is 23.7 Å². The van der Waals surface area contributed by atoms with Gasteiger partial charge in [0.2, 0.25) is 0 Å². The second-order valence-electron chi connectivity index (χ2n) is 9.44. The van der Waals surface area contributed by atoms with E-state index in [4.69, 9.17) is 18.9 Å². The fourth-order valence-electron chi connectivity index (χ4n) is 3.68. The molecule has 0 amide bonds. The molecule has 0 N–H and O–H groups in total. The average Bonchev–Trinajstić information content (AvgIpc) is 2.67. The molecule has 0 aliphatic rings. The molecular weight excluding hydrogens is 376 g/mol. The highest BCUT2D eigenvalue weighted by atomic mass is 16.5. The number of benzene rings is 1. The third-order valence-corrected chi connectivity index (χ3v) is 5.70. The predicted molar refractivity (Wildman–Crippen MR) is 125 cm³/mol. The second-order valence-corrected chi connectivity index (χ2v) is 9.44. The molecular formula is C26H46O4. The Balaban J connectivity index is 2.78. The Kier molecular flexibility index (Phi) is 13.5. The van der Waals surface area contributed by atoms with Gasteiger partial charge in [0.25, 0.3) is 0 Å². The van der Waals surface area contributed by atoms with Crippen LogP contribution in [0, 0.1) is 23.7 Å². The number of hydrogen-bond donors (Lipinski definition) is 0. The van der Waals surface area contributed by atoms with Crippen LogP contribution in [0.4, 0.5) is 0 Å². The topological polar surface area (TPSA) is 36.9 Å². The van der Waals surface area contributed by atoms with Crippen LogP contribution in [0.15, 0.2) is 18.2 Å². The molecule has 0 radical (unpaired) electrons. The molecule has 4 nitrogen and oxygen atoms in total. The number of rotatable bonds is 16. The van der Waals surface area contributed by atoms with Gasteiger partial charge in [0.15, 0.2) is 0 Å². The smallest absolute Gasteiger partial charge is 0.0844 e. The van der Waals surface area contributed by atoms with E-state index in [0.29, 0.717) is 43.5 Å². The molecule has 0 heterocycles. The Morgan fingerprint density at radius 2 is 1.43 bits per heavy atom. The van der Waals surface area contributed by atoms with Crippen LogP contribution < -0.4 is 0 Å². The molecule has 0 aliphatic heterocycles. The van der Waals surface area contributed by atoms with E-state index in [-0.39, 0.29) is 6.10 Å². The van der Waals surface area contributed by atoms with E-state index >= 15 is 0 Å². The third kappa shape index (κ3) is 10.4. The molecule has 0 aromatic heterocycles. The van der Waals surface area contributed by atoms with E-state index in [1.54, 1.807) is 14.2 Å². The van der Waals surface area contributed by atoms with Gasteiger partial charge in [0.05, 0.1) is 25.9 Å². The Morgan fingerprint density at radius 3 is 2.03 bits per heavy atom. The highest BCUT2D eigenvalue weighted by molar-refractivity contribution is 5.32. The molecule has 3 atom stereocenters. The number of ether oxygens (including phenoxy) is 4. The molecule has 3 unspecified atom stereocenters. The molecule has 0 saturated heterocycles. The second kappa shape index (κ2) is 15.0. The lowest BCUT2D eigenvalue weighted by Gasteiger charge is -2.23. The molecule has 0 spiro atoms. The van der Waals surface area contributed by atoms with Crippen LogP contribution in [-0.4, -0.2) is 40.6 Å². The fraction of sp³-hybridized carbons (Fsp3) is 0.769. The summed E-state index contributed by atoms with van der Waals surface area (Å²) in [6, 6.07) is 6.83. The summed E-state index contributed by atoms with van der Waals surface area (Å²) in [5, 5.41) is 0. The summed E-state index contributed by atoms with van der Waals surface area (Å²) in [6.07, 6.45) is 2.21. The van der Waals surface area contributed by atoms with Gasteiger partial charge in [-0.1, -0.05) is 59.7 Å². The van der Waals surface area contributed by atoms with Crippen molar-refractivity contribution in [3.8, 4) is 0 Å². The Hall–Kier alpha value is -0.940. The van der Waals surface area contributed by atoms with E-state index < -0.39 is 0 Å². The van der Waals surface area contributed by atoms with Crippen molar-refractivity contribution < 1.29 is 18.9 Å². The molecule has 0 saturated carbocycles. The zero-order valence-corrected chi connectivity index (χ0v) is 20.7. The monoisotopic (exact) mass is 422 g/mol. The van der Waals surface area contributed by atoms with E-state index in [0.717, 1.165) is 26.1 Å². The van der Waals surface area contributed by atoms with E-state index in [2.05, 4.69) is 59.7 Å². The SMILES string of the molecule is COCC(C)C(C)Cc1cc(COCCOCCC(C)C)cc(C(OC)C(C)C)c1. The minimum absolute atomic E-state index is 0.0924. The summed E-state index contributed by atoms with van der Waals surface area (Å²) in [5.41, 5.74) is 3.79. The first-order valence-electron chi connectivity index (χ1n) is 11.6. The first-order chi connectivity index (χ1) is 14.3. The van der Waals surface area contributed by atoms with Crippen molar-refractivity contribution in [3.05, 3.63) is 34.9 Å². The van der Waals surface area contributed by atoms with Crippen LogP contribution in [0.1, 0.15) is 70.8 Å². The van der Waals surface area contributed by atoms with Gasteiger partial charge in [-0.15, -0.1) is 0 Å². The standard InChI is InChI=1S/C26H46O4/c1-19(2)9-10-29-11-12-30-18-24-14-23(13-21(5)22(6)17-27-7)15-25(16-24)26(28-8)20(3)4/h14-16,19-22,26H,9-13,17-18H2,1-8H3. The van der Waals surface area contributed by atoms with Crippen LogP contribution in [0.5, 0.6) is 0 Å². The summed E-state index contributed by atoms with van der Waals surface area (Å²) < 4.78 is 22.7. The number of hydrogen-bond acceptors (Lipinski definition) is 4. The molecule has 0 fully saturated rings. The van der Waals surface area contributed by atoms with E-state index in [9.17, 15) is 0 Å². The Morgan fingerprint density at radius 1 is 0.767 bits per heavy atom. The van der Waals surface area contributed by atoms with Crippen molar-refractivity contribution in [3.63, 3.8) is 0 Å². The van der Waals surface area contributed by atoms with Crippen LogP contribution in [0.3, 0.4) is 0 Å². The first kappa shape index (κ1) is 27.1. The minimum Gasteiger partial charge on any atom is -0.384 e. The average molecular weight is 423 g/mol. The molecule has 0 bridgehead atoms. The zero-order chi connectivity index (χ0) is 22.5. The van der Waals surface area contributed by atoms with Crippen LogP contribution in [-0.2, 0) is 32.0 Å². The normalized spacial score (nSPS) is 15.0. The first-order valence-corrected chi connectivity index (χ1v) is 11.6. The lowest BCUT2D eigenvalue weighted by molar-refractivity contribution is 0.0368. The van der Waals surface area contributed by atoms with Crippen molar-refractivity contribution in [2.75, 3.05) is 40.6 Å². The van der Waals surface area contributed by atoms with Crippen LogP contribution in [0.25, 0.3) is 0 Å². The predicted octanol–water partition coefficient (Wildman–Crippen LogP) is 6.07. The van der Waals surface area contributed by atoms with Gasteiger partial charge in [0.1, 0.15) is 0 Å². The van der Waals surface area contributed by atoms with Crippen molar-refractivity contribution in [1.82, 2.24) is 0 Å². The fourth-order valence-corrected chi connectivity index (χ4v) is 3.68. The van der Waals surface area contributed by atoms with Gasteiger partial charge < -0.3 is 18.9 Å². The summed E-state index contributed by atoms with van der Waals surface area (Å²) in [7, 11) is 3.57. The molecule has 1 rings (SSSR count). The number of methoxy groups -OCH3 is 2. The van der Waals surface area contributed by atoms with Gasteiger partial charge in [-0.2, -0.15) is 0 Å². The molecule has 4 heteroatoms. The summed E-state index contributed by atoms with van der Waals surface area (Å²) in [5.74, 6) is 2.15. The zero-order valence-electron chi connectivity index (χ0n) is 20.7. The quantitative estimate of drug-likeness (QED) is 0.303. The highest BCUT2D eigenvalue weighted by Crippen LogP contribution is 2.29. The highest BCUT2D eigenvalue weighted by Gasteiger charge is 2.18. The molecule has 0 aliphatic carbocycles. The Labute approximate surface area is 185 Å². The van der Waals surface area contributed by atoms with Crippen molar-refractivity contribution >= 4 is 0 Å².